The van der Waals surface area contributed by atoms with E-state index in [4.69, 9.17) is 0 Å². The highest BCUT2D eigenvalue weighted by Crippen LogP contribution is 2.31. The summed E-state index contributed by atoms with van der Waals surface area (Å²) in [6.07, 6.45) is 1.12. The van der Waals surface area contributed by atoms with E-state index in [0.717, 1.165) is 51.5 Å². The Kier molecular flexibility index (Phi) is 7.61. The zero-order chi connectivity index (χ0) is 23.9. The van der Waals surface area contributed by atoms with Crippen molar-refractivity contribution in [2.45, 2.75) is 25.3 Å². The molecule has 35 heavy (non-hydrogen) atoms. The minimum absolute atomic E-state index is 0.00434. The molecule has 0 amide bonds. The molecule has 1 unspecified atom stereocenters. The molecule has 6 nitrogen and oxygen atoms in total. The Labute approximate surface area is 208 Å². The predicted molar refractivity (Wildman–Crippen MR) is 139 cm³/mol. The van der Waals surface area contributed by atoms with E-state index >= 15 is 0 Å². The average molecular weight is 467 g/mol. The van der Waals surface area contributed by atoms with Crippen LogP contribution in [0.25, 0.3) is 0 Å². The number of nitrogens with zero attached hydrogens (tertiary/aromatic N) is 6. The van der Waals surface area contributed by atoms with Crippen molar-refractivity contribution in [2.24, 2.45) is 0 Å². The van der Waals surface area contributed by atoms with E-state index in [1.54, 1.807) is 0 Å². The van der Waals surface area contributed by atoms with Crippen molar-refractivity contribution in [1.82, 2.24) is 30.0 Å². The molecule has 0 bridgehead atoms. The molecule has 5 rings (SSSR count). The van der Waals surface area contributed by atoms with Gasteiger partial charge in [-0.2, -0.15) is 0 Å². The van der Waals surface area contributed by atoms with Gasteiger partial charge in [0, 0.05) is 39.3 Å². The second-order valence-electron chi connectivity index (χ2n) is 9.46. The Morgan fingerprint density at radius 1 is 0.714 bits per heavy atom. The van der Waals surface area contributed by atoms with Crippen LogP contribution in [-0.4, -0.2) is 69.3 Å². The summed E-state index contributed by atoms with van der Waals surface area (Å²) in [6.45, 7) is 8.68. The molecule has 4 aromatic rings. The molecule has 1 saturated heterocycles. The van der Waals surface area contributed by atoms with Crippen LogP contribution in [-0.2, 0) is 6.42 Å². The third-order valence-corrected chi connectivity index (χ3v) is 7.01. The molecular weight excluding hydrogens is 432 g/mol. The summed E-state index contributed by atoms with van der Waals surface area (Å²) in [7, 11) is 0. The standard InChI is InChI=1S/C29H34N6/c1-24(23-34-21-19-33(20-22-34)18-17-25-11-5-2-6-12-25)35-29(30-31-32-35)28(26-13-7-3-8-14-26)27-15-9-4-10-16-27/h2-16,24,28H,17-23H2,1H3. The van der Waals surface area contributed by atoms with E-state index in [1.165, 1.54) is 16.7 Å². The molecular formula is C29H34N6. The lowest BCUT2D eigenvalue weighted by Gasteiger charge is -2.36. The van der Waals surface area contributed by atoms with Crippen molar-refractivity contribution in [3.63, 3.8) is 0 Å². The number of benzene rings is 3. The van der Waals surface area contributed by atoms with Crippen LogP contribution in [0, 0.1) is 0 Å². The number of hydrogen-bond donors (Lipinski definition) is 0. The van der Waals surface area contributed by atoms with E-state index in [1.807, 2.05) is 4.68 Å². The van der Waals surface area contributed by atoms with Gasteiger partial charge in [0.25, 0.3) is 0 Å². The third-order valence-electron chi connectivity index (χ3n) is 7.01. The highest BCUT2D eigenvalue weighted by atomic mass is 15.6. The van der Waals surface area contributed by atoms with Crippen molar-refractivity contribution >= 4 is 0 Å². The Morgan fingerprint density at radius 2 is 1.26 bits per heavy atom. The topological polar surface area (TPSA) is 50.1 Å². The van der Waals surface area contributed by atoms with E-state index in [0.29, 0.717) is 0 Å². The van der Waals surface area contributed by atoms with Gasteiger partial charge in [-0.1, -0.05) is 91.0 Å². The maximum absolute atomic E-state index is 4.52. The highest BCUT2D eigenvalue weighted by Gasteiger charge is 2.27. The largest absolute Gasteiger partial charge is 0.300 e. The zero-order valence-electron chi connectivity index (χ0n) is 20.4. The summed E-state index contributed by atoms with van der Waals surface area (Å²) in [5.41, 5.74) is 3.82. The fourth-order valence-electron chi connectivity index (χ4n) is 5.06. The Morgan fingerprint density at radius 3 is 1.86 bits per heavy atom. The number of rotatable bonds is 9. The second kappa shape index (κ2) is 11.4. The molecule has 180 valence electrons. The Bertz CT molecular complexity index is 1110. The van der Waals surface area contributed by atoms with Crippen LogP contribution in [0.15, 0.2) is 91.0 Å². The zero-order valence-corrected chi connectivity index (χ0v) is 20.4. The third kappa shape index (κ3) is 5.84. The van der Waals surface area contributed by atoms with Crippen molar-refractivity contribution in [3.8, 4) is 0 Å². The average Bonchev–Trinajstić information content (AvgIpc) is 3.40. The van der Waals surface area contributed by atoms with E-state index < -0.39 is 0 Å². The second-order valence-corrected chi connectivity index (χ2v) is 9.46. The van der Waals surface area contributed by atoms with Crippen LogP contribution in [0.1, 0.15) is 41.4 Å². The first-order valence-electron chi connectivity index (χ1n) is 12.6. The lowest BCUT2D eigenvalue weighted by atomic mass is 9.90. The fourth-order valence-corrected chi connectivity index (χ4v) is 5.06. The van der Waals surface area contributed by atoms with Gasteiger partial charge in [-0.25, -0.2) is 4.68 Å². The molecule has 0 spiro atoms. The van der Waals surface area contributed by atoms with Crippen LogP contribution in [0.5, 0.6) is 0 Å². The van der Waals surface area contributed by atoms with Gasteiger partial charge in [-0.15, -0.1) is 5.10 Å². The summed E-state index contributed by atoms with van der Waals surface area (Å²) in [6, 6.07) is 32.1. The molecule has 0 N–H and O–H groups in total. The van der Waals surface area contributed by atoms with Gasteiger partial charge in [0.15, 0.2) is 5.82 Å². The number of aromatic nitrogens is 4. The van der Waals surface area contributed by atoms with E-state index in [-0.39, 0.29) is 12.0 Å². The SMILES string of the molecule is CC(CN1CCN(CCc2ccccc2)CC1)n1nnnc1C(c1ccccc1)c1ccccc1. The van der Waals surface area contributed by atoms with Crippen molar-refractivity contribution in [3.05, 3.63) is 114 Å². The first kappa shape index (κ1) is 23.4. The van der Waals surface area contributed by atoms with Crippen molar-refractivity contribution in [1.29, 1.82) is 0 Å². The maximum Gasteiger partial charge on any atom is 0.163 e. The van der Waals surface area contributed by atoms with Gasteiger partial charge >= 0.3 is 0 Å². The molecule has 1 aliphatic heterocycles. The summed E-state index contributed by atoms with van der Waals surface area (Å²) in [4.78, 5) is 5.13. The normalized spacial score (nSPS) is 15.9. The summed E-state index contributed by atoms with van der Waals surface area (Å²) < 4.78 is 2.03. The van der Waals surface area contributed by atoms with Crippen molar-refractivity contribution in [2.75, 3.05) is 39.3 Å². The van der Waals surface area contributed by atoms with Crippen molar-refractivity contribution < 1.29 is 0 Å². The fraction of sp³-hybridized carbons (Fsp3) is 0.345. The Hall–Kier alpha value is -3.35. The summed E-state index contributed by atoms with van der Waals surface area (Å²) >= 11 is 0. The van der Waals surface area contributed by atoms with Gasteiger partial charge in [0.2, 0.25) is 0 Å². The maximum atomic E-state index is 4.52. The molecule has 0 saturated carbocycles. The molecule has 2 heterocycles. The van der Waals surface area contributed by atoms with Gasteiger partial charge < -0.3 is 4.90 Å². The highest BCUT2D eigenvalue weighted by molar-refractivity contribution is 5.38. The van der Waals surface area contributed by atoms with Crippen LogP contribution in [0.3, 0.4) is 0 Å². The molecule has 1 aromatic heterocycles. The van der Waals surface area contributed by atoms with Crippen LogP contribution >= 0.6 is 0 Å². The monoisotopic (exact) mass is 466 g/mol. The number of piperazine rings is 1. The minimum Gasteiger partial charge on any atom is -0.300 e. The first-order chi connectivity index (χ1) is 17.3. The molecule has 0 aliphatic carbocycles. The molecule has 1 aliphatic rings. The summed E-state index contributed by atoms with van der Waals surface area (Å²) in [5, 5.41) is 13.1. The molecule has 1 atom stereocenters. The lowest BCUT2D eigenvalue weighted by molar-refractivity contribution is 0.119. The van der Waals surface area contributed by atoms with Gasteiger partial charge in [-0.3, -0.25) is 4.90 Å². The van der Waals surface area contributed by atoms with Crippen LogP contribution in [0.2, 0.25) is 0 Å². The smallest absolute Gasteiger partial charge is 0.163 e. The minimum atomic E-state index is 0.00434. The molecule has 6 heteroatoms. The molecule has 1 fully saturated rings. The quantitative estimate of drug-likeness (QED) is 0.369. The number of tetrazole rings is 1. The van der Waals surface area contributed by atoms with Crippen LogP contribution in [0.4, 0.5) is 0 Å². The van der Waals surface area contributed by atoms with Gasteiger partial charge in [0.1, 0.15) is 0 Å². The van der Waals surface area contributed by atoms with E-state index in [2.05, 4.69) is 123 Å². The van der Waals surface area contributed by atoms with E-state index in [9.17, 15) is 0 Å². The predicted octanol–water partition coefficient (Wildman–Crippen LogP) is 4.27. The van der Waals surface area contributed by atoms with Gasteiger partial charge in [-0.05, 0) is 40.5 Å². The summed E-state index contributed by atoms with van der Waals surface area (Å²) in [5.74, 6) is 0.904. The molecule has 0 radical (unpaired) electrons. The van der Waals surface area contributed by atoms with Gasteiger partial charge in [0.05, 0.1) is 12.0 Å². The Balaban J connectivity index is 1.24. The number of hydrogen-bond acceptors (Lipinski definition) is 5. The lowest BCUT2D eigenvalue weighted by Crippen LogP contribution is -2.48. The molecule has 3 aromatic carbocycles. The van der Waals surface area contributed by atoms with Crippen LogP contribution < -0.4 is 0 Å². The first-order valence-corrected chi connectivity index (χ1v) is 12.6.